The minimum Gasteiger partial charge on any atom is -0.457 e. The van der Waals surface area contributed by atoms with E-state index in [0.717, 1.165) is 51.7 Å². The molecule has 0 saturated heterocycles. The number of unbranched alkanes of at least 4 members (excludes halogenated alkanes) is 2. The fourth-order valence-electron chi connectivity index (χ4n) is 2.17. The Labute approximate surface area is 131 Å². The highest BCUT2D eigenvalue weighted by Gasteiger charge is 2.37. The molecule has 0 radical (unpaired) electrons. The molecule has 0 aliphatic rings. The third-order valence-electron chi connectivity index (χ3n) is 3.42. The van der Waals surface area contributed by atoms with E-state index in [4.69, 9.17) is 9.47 Å². The fraction of sp³-hybridized carbons (Fsp3) is 0.941. The molecule has 1 N–H and O–H groups in total. The molecule has 1 atom stereocenters. The molecule has 4 heteroatoms. The summed E-state index contributed by atoms with van der Waals surface area (Å²) in [6.45, 7) is 13.0. The number of hydrogen-bond acceptors (Lipinski definition) is 4. The molecule has 0 aliphatic heterocycles. The Bertz CT molecular complexity index is 229. The molecule has 0 aromatic heterocycles. The molecule has 0 bridgehead atoms. The first-order chi connectivity index (χ1) is 9.90. The van der Waals surface area contributed by atoms with Gasteiger partial charge >= 0.3 is 5.97 Å². The maximum Gasteiger partial charge on any atom is 0.303 e. The lowest BCUT2D eigenvalue weighted by Gasteiger charge is -2.36. The summed E-state index contributed by atoms with van der Waals surface area (Å²) in [6.07, 6.45) is 4.93. The molecule has 128 valence electrons. The Morgan fingerprint density at radius 2 is 1.48 bits per heavy atom. The fourth-order valence-corrected chi connectivity index (χ4v) is 2.17. The van der Waals surface area contributed by atoms with E-state index < -0.39 is 11.7 Å². The van der Waals surface area contributed by atoms with E-state index in [1.807, 2.05) is 13.8 Å². The van der Waals surface area contributed by atoms with Gasteiger partial charge in [-0.1, -0.05) is 26.7 Å². The molecule has 4 nitrogen and oxygen atoms in total. The van der Waals surface area contributed by atoms with Crippen LogP contribution in [0, 0.1) is 0 Å². The van der Waals surface area contributed by atoms with Crippen molar-refractivity contribution >= 4 is 5.97 Å². The van der Waals surface area contributed by atoms with Crippen molar-refractivity contribution in [3.63, 3.8) is 0 Å². The normalized spacial score (nSPS) is 12.3. The zero-order chi connectivity index (χ0) is 16.7. The van der Waals surface area contributed by atoms with Gasteiger partial charge in [-0.15, -0.1) is 0 Å². The van der Waals surface area contributed by atoms with Crippen LogP contribution in [0.15, 0.2) is 0 Å². The zero-order valence-electron chi connectivity index (χ0n) is 14.9. The summed E-state index contributed by atoms with van der Waals surface area (Å²) in [7, 11) is 0. The molecular weight excluding hydrogens is 268 g/mol. The van der Waals surface area contributed by atoms with Gasteiger partial charge in [0.15, 0.2) is 0 Å². The quantitative estimate of drug-likeness (QED) is 0.618. The predicted molar refractivity (Wildman–Crippen MR) is 87.4 cm³/mol. The molecule has 0 heterocycles. The van der Waals surface area contributed by atoms with Crippen molar-refractivity contribution in [1.29, 1.82) is 0 Å². The van der Waals surface area contributed by atoms with Crippen molar-refractivity contribution < 1.29 is 19.4 Å². The Kier molecular flexibility index (Phi) is 15.5. The van der Waals surface area contributed by atoms with Crippen LogP contribution in [0.5, 0.6) is 0 Å². The average molecular weight is 304 g/mol. The monoisotopic (exact) mass is 304 g/mol. The van der Waals surface area contributed by atoms with Gasteiger partial charge in [-0.3, -0.25) is 4.79 Å². The van der Waals surface area contributed by atoms with E-state index in [1.54, 1.807) is 6.92 Å². The van der Waals surface area contributed by atoms with Crippen LogP contribution in [0.1, 0.15) is 80.1 Å². The number of esters is 1. The number of carbonyl (C=O) groups excluding carboxylic acids is 1. The third kappa shape index (κ3) is 11.7. The molecule has 0 aliphatic carbocycles. The van der Waals surface area contributed by atoms with Gasteiger partial charge in [0.25, 0.3) is 0 Å². The Morgan fingerprint density at radius 3 is 1.67 bits per heavy atom. The topological polar surface area (TPSA) is 55.8 Å². The Morgan fingerprint density at radius 1 is 1.05 bits per heavy atom. The predicted octanol–water partition coefficient (Wildman–Crippen LogP) is 4.09. The van der Waals surface area contributed by atoms with Crippen LogP contribution in [-0.2, 0) is 14.3 Å². The second-order valence-electron chi connectivity index (χ2n) is 5.32. The average Bonchev–Trinajstić information content (AvgIpc) is 2.42. The minimum absolute atomic E-state index is 0.298. The van der Waals surface area contributed by atoms with Crippen molar-refractivity contribution in [1.82, 2.24) is 0 Å². The molecule has 0 aromatic rings. The largest absolute Gasteiger partial charge is 0.457 e. The maximum atomic E-state index is 11.2. The van der Waals surface area contributed by atoms with Crippen molar-refractivity contribution in [2.75, 3.05) is 13.2 Å². The summed E-state index contributed by atoms with van der Waals surface area (Å²) in [6, 6.07) is 0. The maximum absolute atomic E-state index is 11.2. The van der Waals surface area contributed by atoms with E-state index in [2.05, 4.69) is 13.8 Å². The number of aliphatic hydroxyl groups excluding tert-OH is 1. The molecule has 21 heavy (non-hydrogen) atoms. The Balaban J connectivity index is 0. The first-order valence-corrected chi connectivity index (χ1v) is 8.35. The number of hydrogen-bond donors (Lipinski definition) is 1. The number of ether oxygens (including phenoxy) is 2. The minimum atomic E-state index is -0.669. The lowest BCUT2D eigenvalue weighted by atomic mass is 9.86. The number of aliphatic hydroxyl groups is 1. The summed E-state index contributed by atoms with van der Waals surface area (Å²) in [5.41, 5.74) is -0.669. The number of rotatable bonds is 10. The van der Waals surface area contributed by atoms with Gasteiger partial charge in [-0.2, -0.15) is 0 Å². The Hall–Kier alpha value is -0.610. The second-order valence-corrected chi connectivity index (χ2v) is 5.32. The van der Waals surface area contributed by atoms with Gasteiger partial charge in [0, 0.05) is 20.1 Å². The summed E-state index contributed by atoms with van der Waals surface area (Å²) < 4.78 is 10.2. The van der Waals surface area contributed by atoms with Gasteiger partial charge in [0.05, 0.1) is 6.10 Å². The van der Waals surface area contributed by atoms with E-state index >= 15 is 0 Å². The lowest BCUT2D eigenvalue weighted by Crippen LogP contribution is -2.44. The summed E-state index contributed by atoms with van der Waals surface area (Å²) >= 11 is 0. The molecule has 0 rings (SSSR count). The molecule has 1 unspecified atom stereocenters. The molecule has 0 amide bonds. The third-order valence-corrected chi connectivity index (χ3v) is 3.42. The molecular formula is C17H36O4. The highest BCUT2D eigenvalue weighted by Crippen LogP contribution is 2.30. The van der Waals surface area contributed by atoms with Crippen LogP contribution in [0.3, 0.4) is 0 Å². The highest BCUT2D eigenvalue weighted by atomic mass is 16.6. The van der Waals surface area contributed by atoms with Crippen molar-refractivity contribution in [2.24, 2.45) is 0 Å². The summed E-state index contributed by atoms with van der Waals surface area (Å²) in [5.74, 6) is -0.298. The smallest absolute Gasteiger partial charge is 0.303 e. The van der Waals surface area contributed by atoms with Crippen LogP contribution in [0.2, 0.25) is 0 Å². The first kappa shape index (κ1) is 22.7. The van der Waals surface area contributed by atoms with Crippen LogP contribution in [0.25, 0.3) is 0 Å². The van der Waals surface area contributed by atoms with Crippen molar-refractivity contribution in [3.05, 3.63) is 0 Å². The number of carbonyl (C=O) groups is 1. The molecule has 0 aromatic carbocycles. The molecule has 0 fully saturated rings. The van der Waals surface area contributed by atoms with Gasteiger partial charge in [0.2, 0.25) is 0 Å². The summed E-state index contributed by atoms with van der Waals surface area (Å²) in [5, 5.41) is 9.89. The van der Waals surface area contributed by atoms with Crippen LogP contribution in [-0.4, -0.2) is 36.0 Å². The molecule has 0 saturated carbocycles. The summed E-state index contributed by atoms with van der Waals surface area (Å²) in [4.78, 5) is 11.2. The van der Waals surface area contributed by atoms with E-state index in [-0.39, 0.29) is 5.97 Å². The van der Waals surface area contributed by atoms with Crippen molar-refractivity contribution in [2.45, 2.75) is 91.8 Å². The van der Waals surface area contributed by atoms with Crippen LogP contribution in [0.4, 0.5) is 0 Å². The van der Waals surface area contributed by atoms with Crippen LogP contribution < -0.4 is 0 Å². The first-order valence-electron chi connectivity index (χ1n) is 8.35. The van der Waals surface area contributed by atoms with E-state index in [9.17, 15) is 9.90 Å². The zero-order valence-corrected chi connectivity index (χ0v) is 14.9. The van der Waals surface area contributed by atoms with Crippen LogP contribution >= 0.6 is 0 Å². The van der Waals surface area contributed by atoms with E-state index in [1.165, 1.54) is 6.92 Å². The highest BCUT2D eigenvalue weighted by molar-refractivity contribution is 5.66. The second kappa shape index (κ2) is 14.3. The van der Waals surface area contributed by atoms with Crippen molar-refractivity contribution in [3.8, 4) is 0 Å². The van der Waals surface area contributed by atoms with Gasteiger partial charge < -0.3 is 14.6 Å². The van der Waals surface area contributed by atoms with E-state index in [0.29, 0.717) is 0 Å². The SMILES string of the molecule is CCCCC(CCCC)(OC(C)=O)C(C)O.CCOCC. The molecule has 0 spiro atoms. The van der Waals surface area contributed by atoms with Gasteiger partial charge in [-0.25, -0.2) is 0 Å². The standard InChI is InChI=1S/C13H26O3.C4H10O/c1-5-7-9-13(11(3)14,10-8-6-2)16-12(4)15;1-3-5-4-2/h11,14H,5-10H2,1-4H3;3-4H2,1-2H3. The lowest BCUT2D eigenvalue weighted by molar-refractivity contribution is -0.173. The van der Waals surface area contributed by atoms with Gasteiger partial charge in [0.1, 0.15) is 5.60 Å². The van der Waals surface area contributed by atoms with Gasteiger partial charge in [-0.05, 0) is 46.5 Å².